The summed E-state index contributed by atoms with van der Waals surface area (Å²) in [5.74, 6) is 0.999. The molecule has 4 rings (SSSR count). The maximum atomic E-state index is 13.9. The molecule has 2 aliphatic rings. The Hall–Kier alpha value is -1.73. The fourth-order valence-corrected chi connectivity index (χ4v) is 6.11. The zero-order valence-electron chi connectivity index (χ0n) is 18.5. The minimum absolute atomic E-state index is 0.0703. The second-order valence-electron chi connectivity index (χ2n) is 8.97. The molecule has 5 nitrogen and oxygen atoms in total. The summed E-state index contributed by atoms with van der Waals surface area (Å²) in [6.45, 7) is 4.11. The molecule has 1 saturated carbocycles. The van der Waals surface area contributed by atoms with Crippen LogP contribution in [0.5, 0.6) is 0 Å². The number of hydrogen-bond acceptors (Lipinski definition) is 5. The first-order valence-electron chi connectivity index (χ1n) is 11.5. The van der Waals surface area contributed by atoms with Gasteiger partial charge in [-0.3, -0.25) is 9.69 Å². The van der Waals surface area contributed by atoms with Crippen molar-refractivity contribution in [1.82, 2.24) is 5.32 Å². The van der Waals surface area contributed by atoms with Crippen molar-refractivity contribution in [2.75, 3.05) is 25.1 Å². The molecule has 1 unspecified atom stereocenters. The van der Waals surface area contributed by atoms with Gasteiger partial charge in [-0.2, -0.15) is 0 Å². The summed E-state index contributed by atoms with van der Waals surface area (Å²) in [6, 6.07) is 12.3. The normalized spacial score (nSPS) is 23.5. The predicted octanol–water partition coefficient (Wildman–Crippen LogP) is 4.96. The molecule has 0 spiro atoms. The van der Waals surface area contributed by atoms with Crippen LogP contribution in [0.2, 0.25) is 0 Å². The van der Waals surface area contributed by atoms with Crippen LogP contribution in [-0.2, 0) is 9.53 Å². The number of nitrogens with zero attached hydrogens (tertiary/aromatic N) is 1. The first-order valence-corrected chi connectivity index (χ1v) is 12.3. The number of amides is 1. The van der Waals surface area contributed by atoms with Crippen molar-refractivity contribution in [3.05, 3.63) is 42.0 Å². The summed E-state index contributed by atoms with van der Waals surface area (Å²) < 4.78 is 5.31. The first-order chi connectivity index (χ1) is 15.1. The van der Waals surface area contributed by atoms with Gasteiger partial charge in [0.05, 0.1) is 0 Å². The molecule has 0 radical (unpaired) electrons. The largest absolute Gasteiger partial charge is 0.364 e. The number of carbonyl (C=O) groups excluding carboxylic acids is 1. The minimum atomic E-state index is -1.05. The number of rotatable bonds is 6. The molecule has 2 N–H and O–H groups in total. The monoisotopic (exact) mass is 442 g/mol. The van der Waals surface area contributed by atoms with Gasteiger partial charge in [0.15, 0.2) is 6.29 Å². The van der Waals surface area contributed by atoms with Gasteiger partial charge in [-0.05, 0) is 69.2 Å². The van der Waals surface area contributed by atoms with Crippen molar-refractivity contribution in [1.29, 1.82) is 0 Å². The van der Waals surface area contributed by atoms with E-state index in [2.05, 4.69) is 24.4 Å². The number of benzene rings is 1. The maximum absolute atomic E-state index is 13.9. The van der Waals surface area contributed by atoms with Gasteiger partial charge in [0, 0.05) is 29.5 Å². The van der Waals surface area contributed by atoms with Crippen LogP contribution in [0.3, 0.4) is 0 Å². The van der Waals surface area contributed by atoms with Crippen LogP contribution in [0.15, 0.2) is 36.4 Å². The van der Waals surface area contributed by atoms with Crippen molar-refractivity contribution < 1.29 is 14.6 Å². The molecule has 1 aliphatic carbocycles. The van der Waals surface area contributed by atoms with Crippen LogP contribution >= 0.6 is 11.3 Å². The Bertz CT molecular complexity index is 855. The van der Waals surface area contributed by atoms with Crippen LogP contribution in [0.4, 0.5) is 5.00 Å². The highest BCUT2D eigenvalue weighted by Crippen LogP contribution is 2.44. The first kappa shape index (κ1) is 22.5. The second-order valence-corrected chi connectivity index (χ2v) is 10.0. The molecule has 1 aromatic heterocycles. The molecule has 168 valence electrons. The fraction of sp³-hybridized carbons (Fsp3) is 0.560. The third-order valence-electron chi connectivity index (χ3n) is 6.78. The van der Waals surface area contributed by atoms with Crippen molar-refractivity contribution in [3.63, 3.8) is 0 Å². The van der Waals surface area contributed by atoms with Gasteiger partial charge in [-0.1, -0.05) is 37.3 Å². The van der Waals surface area contributed by atoms with E-state index in [1.54, 1.807) is 11.3 Å². The Morgan fingerprint density at radius 3 is 2.45 bits per heavy atom. The van der Waals surface area contributed by atoms with Gasteiger partial charge in [0.1, 0.15) is 5.00 Å². The molecule has 6 heteroatoms. The molecule has 2 aromatic rings. The van der Waals surface area contributed by atoms with Gasteiger partial charge < -0.3 is 15.2 Å². The number of hydrogen-bond donors (Lipinski definition) is 2. The van der Waals surface area contributed by atoms with Gasteiger partial charge >= 0.3 is 0 Å². The van der Waals surface area contributed by atoms with E-state index in [1.165, 1.54) is 7.11 Å². The number of anilines is 1. The number of aliphatic hydroxyl groups excluding tert-OH is 1. The van der Waals surface area contributed by atoms with Crippen LogP contribution in [0.25, 0.3) is 10.4 Å². The Morgan fingerprint density at radius 1 is 1.13 bits per heavy atom. The number of ether oxygens (including phenoxy) is 1. The number of thiophene rings is 1. The van der Waals surface area contributed by atoms with Crippen LogP contribution < -0.4 is 10.2 Å². The van der Waals surface area contributed by atoms with Crippen molar-refractivity contribution in [2.24, 2.45) is 11.8 Å². The second kappa shape index (κ2) is 10.3. The quantitative estimate of drug-likeness (QED) is 0.621. The molecular weight excluding hydrogens is 408 g/mol. The Balaban J connectivity index is 1.74. The van der Waals surface area contributed by atoms with E-state index in [9.17, 15) is 9.90 Å². The summed E-state index contributed by atoms with van der Waals surface area (Å²) in [5.41, 5.74) is 1.79. The SMILES string of the molecule is COC(O)c1cc(-c2ccccc2)sc1N(C(=O)C1CCC(C)CC1)C1CCNCC1. The minimum Gasteiger partial charge on any atom is -0.364 e. The molecule has 1 aromatic carbocycles. The number of methoxy groups -OCH3 is 1. The third kappa shape index (κ3) is 5.03. The lowest BCUT2D eigenvalue weighted by atomic mass is 9.82. The average molecular weight is 443 g/mol. The Kier molecular flexibility index (Phi) is 7.43. The molecule has 1 atom stereocenters. The summed E-state index contributed by atoms with van der Waals surface area (Å²) >= 11 is 1.60. The van der Waals surface area contributed by atoms with Crippen molar-refractivity contribution in [3.8, 4) is 10.4 Å². The molecular formula is C25H34N2O3S. The predicted molar refractivity (Wildman–Crippen MR) is 126 cm³/mol. The lowest BCUT2D eigenvalue weighted by Crippen LogP contribution is -2.49. The van der Waals surface area contributed by atoms with E-state index in [0.717, 1.165) is 67.1 Å². The van der Waals surface area contributed by atoms with E-state index in [-0.39, 0.29) is 17.9 Å². The highest BCUT2D eigenvalue weighted by atomic mass is 32.1. The average Bonchev–Trinajstić information content (AvgIpc) is 3.25. The van der Waals surface area contributed by atoms with Gasteiger partial charge in [-0.25, -0.2) is 0 Å². The molecule has 2 heterocycles. The molecule has 1 amide bonds. The smallest absolute Gasteiger partial charge is 0.230 e. The van der Waals surface area contributed by atoms with Gasteiger partial charge in [0.25, 0.3) is 0 Å². The zero-order chi connectivity index (χ0) is 21.8. The van der Waals surface area contributed by atoms with E-state index < -0.39 is 6.29 Å². The van der Waals surface area contributed by atoms with E-state index >= 15 is 0 Å². The molecule has 1 saturated heterocycles. The van der Waals surface area contributed by atoms with Crippen molar-refractivity contribution >= 4 is 22.2 Å². The summed E-state index contributed by atoms with van der Waals surface area (Å²) in [7, 11) is 1.51. The maximum Gasteiger partial charge on any atom is 0.230 e. The molecule has 31 heavy (non-hydrogen) atoms. The highest BCUT2D eigenvalue weighted by molar-refractivity contribution is 7.19. The third-order valence-corrected chi connectivity index (χ3v) is 7.98. The topological polar surface area (TPSA) is 61.8 Å². The van der Waals surface area contributed by atoms with Crippen LogP contribution in [-0.4, -0.2) is 37.3 Å². The van der Waals surface area contributed by atoms with Crippen molar-refractivity contribution in [2.45, 2.75) is 57.8 Å². The van der Waals surface area contributed by atoms with Crippen LogP contribution in [0.1, 0.15) is 57.3 Å². The number of piperidine rings is 1. The molecule has 0 bridgehead atoms. The lowest BCUT2D eigenvalue weighted by Gasteiger charge is -2.38. The standard InChI is InChI=1S/C25H34N2O3S/c1-17-8-10-19(11-9-17)23(28)27(20-12-14-26-15-13-20)24-21(25(29)30-2)16-22(31-24)18-6-4-3-5-7-18/h3-7,16-17,19-20,25-26,29H,8-15H2,1-2H3. The molecule has 1 aliphatic heterocycles. The Labute approximate surface area is 189 Å². The van der Waals surface area contributed by atoms with Gasteiger partial charge in [0.2, 0.25) is 5.91 Å². The van der Waals surface area contributed by atoms with E-state index in [4.69, 9.17) is 4.74 Å². The number of carbonyl (C=O) groups is 1. The number of aliphatic hydroxyl groups is 1. The number of nitrogens with one attached hydrogen (secondary N) is 1. The fourth-order valence-electron chi connectivity index (χ4n) is 4.85. The zero-order valence-corrected chi connectivity index (χ0v) is 19.4. The lowest BCUT2D eigenvalue weighted by molar-refractivity contribution is -0.124. The molecule has 2 fully saturated rings. The summed E-state index contributed by atoms with van der Waals surface area (Å²) in [5, 5.41) is 14.9. The summed E-state index contributed by atoms with van der Waals surface area (Å²) in [4.78, 5) is 17.0. The summed E-state index contributed by atoms with van der Waals surface area (Å²) in [6.07, 6.45) is 4.95. The Morgan fingerprint density at radius 2 is 1.81 bits per heavy atom. The highest BCUT2D eigenvalue weighted by Gasteiger charge is 2.36. The van der Waals surface area contributed by atoms with Gasteiger partial charge in [-0.15, -0.1) is 11.3 Å². The van der Waals surface area contributed by atoms with Crippen LogP contribution in [0, 0.1) is 11.8 Å². The van der Waals surface area contributed by atoms with E-state index in [0.29, 0.717) is 11.5 Å². The van der Waals surface area contributed by atoms with E-state index in [1.807, 2.05) is 29.2 Å².